The van der Waals surface area contributed by atoms with Gasteiger partial charge < -0.3 is 25.3 Å². The lowest BCUT2D eigenvalue weighted by Gasteiger charge is -2.39. The number of aliphatic hydroxyl groups is 2. The minimum atomic E-state index is -2.01. The fourth-order valence-electron chi connectivity index (χ4n) is 6.85. The lowest BCUT2D eigenvalue weighted by atomic mass is 9.82. The molecule has 0 bridgehead atoms. The van der Waals surface area contributed by atoms with Crippen molar-refractivity contribution >= 4 is 34.6 Å². The average molecular weight is 612 g/mol. The first-order valence-corrected chi connectivity index (χ1v) is 15.3. The number of fused-ring (bicyclic) bond motifs is 1. The van der Waals surface area contributed by atoms with E-state index >= 15 is 0 Å². The van der Waals surface area contributed by atoms with E-state index in [0.717, 1.165) is 30.0 Å². The van der Waals surface area contributed by atoms with E-state index in [1.165, 1.54) is 23.1 Å². The minimum absolute atomic E-state index is 0.0687. The van der Waals surface area contributed by atoms with Crippen LogP contribution in [0.2, 0.25) is 0 Å². The van der Waals surface area contributed by atoms with Crippen LogP contribution in [0.15, 0.2) is 84.9 Å². The van der Waals surface area contributed by atoms with Gasteiger partial charge in [-0.05, 0) is 68.2 Å². The molecule has 1 spiro atoms. The van der Waals surface area contributed by atoms with E-state index in [9.17, 15) is 24.8 Å². The van der Waals surface area contributed by atoms with Gasteiger partial charge in [0.25, 0.3) is 17.5 Å². The summed E-state index contributed by atoms with van der Waals surface area (Å²) in [5, 5.41) is 35.9. The number of non-ortho nitro benzene ring substituents is 1. The lowest BCUT2D eigenvalue weighted by Crippen LogP contribution is -2.55. The van der Waals surface area contributed by atoms with Crippen LogP contribution >= 0.6 is 0 Å². The first kappa shape index (κ1) is 30.4. The van der Waals surface area contributed by atoms with Crippen LogP contribution < -0.4 is 20.0 Å². The smallest absolute Gasteiger partial charge is 0.269 e. The van der Waals surface area contributed by atoms with Crippen molar-refractivity contribution in [2.75, 3.05) is 41.1 Å². The lowest BCUT2D eigenvalue weighted by molar-refractivity contribution is -0.385. The SMILES string of the molecule is C[C@@H](/C=C/CCO)[C@]1(O)C(=O)N(Cc2ccc(N3CN(c4ccccc4)C4(CCNCC4)C3=O)cc2)c2ccc([N+](=O)[O-])cc21. The van der Waals surface area contributed by atoms with E-state index in [1.807, 2.05) is 59.5 Å². The molecule has 3 aromatic carbocycles. The molecule has 0 radical (unpaired) electrons. The Balaban J connectivity index is 1.28. The van der Waals surface area contributed by atoms with Gasteiger partial charge >= 0.3 is 0 Å². The summed E-state index contributed by atoms with van der Waals surface area (Å²) in [4.78, 5) is 44.4. The van der Waals surface area contributed by atoms with Crippen LogP contribution in [-0.2, 0) is 21.7 Å². The maximum Gasteiger partial charge on any atom is 0.269 e. The highest BCUT2D eigenvalue weighted by molar-refractivity contribution is 6.08. The zero-order valence-corrected chi connectivity index (χ0v) is 25.1. The zero-order valence-electron chi connectivity index (χ0n) is 25.1. The van der Waals surface area contributed by atoms with Crippen molar-refractivity contribution < 1.29 is 24.7 Å². The van der Waals surface area contributed by atoms with E-state index in [0.29, 0.717) is 31.6 Å². The fraction of sp³-hybridized carbons (Fsp3) is 0.353. The average Bonchev–Trinajstić information content (AvgIpc) is 3.45. The van der Waals surface area contributed by atoms with Gasteiger partial charge in [0.05, 0.1) is 23.8 Å². The number of rotatable bonds is 9. The predicted octanol–water partition coefficient (Wildman–Crippen LogP) is 3.84. The van der Waals surface area contributed by atoms with Crippen molar-refractivity contribution in [1.29, 1.82) is 0 Å². The van der Waals surface area contributed by atoms with Gasteiger partial charge in [0, 0.05) is 41.6 Å². The third kappa shape index (κ3) is 5.16. The van der Waals surface area contributed by atoms with E-state index in [4.69, 9.17) is 5.11 Å². The maximum atomic E-state index is 14.0. The van der Waals surface area contributed by atoms with E-state index < -0.39 is 27.9 Å². The van der Waals surface area contributed by atoms with Crippen LogP contribution in [-0.4, -0.2) is 58.9 Å². The van der Waals surface area contributed by atoms with Gasteiger partial charge in [0.2, 0.25) is 0 Å². The third-order valence-corrected chi connectivity index (χ3v) is 9.37. The summed E-state index contributed by atoms with van der Waals surface area (Å²) in [5.41, 5.74) is 0.257. The Bertz CT molecular complexity index is 1620. The van der Waals surface area contributed by atoms with Crippen molar-refractivity contribution in [1.82, 2.24) is 5.32 Å². The Labute approximate surface area is 261 Å². The van der Waals surface area contributed by atoms with Gasteiger partial charge in [-0.1, -0.05) is 49.4 Å². The number of nitro groups is 1. The van der Waals surface area contributed by atoms with Crippen molar-refractivity contribution in [3.63, 3.8) is 0 Å². The molecule has 0 aromatic heterocycles. The Kier molecular flexibility index (Phi) is 8.17. The topological polar surface area (TPSA) is 139 Å². The monoisotopic (exact) mass is 611 g/mol. The largest absolute Gasteiger partial charge is 0.396 e. The number of para-hydroxylation sites is 1. The molecule has 11 heteroatoms. The molecular weight excluding hydrogens is 574 g/mol. The van der Waals surface area contributed by atoms with Crippen LogP contribution in [0.3, 0.4) is 0 Å². The number of anilines is 3. The van der Waals surface area contributed by atoms with Crippen molar-refractivity contribution in [2.45, 2.75) is 43.9 Å². The number of hydrogen-bond acceptors (Lipinski definition) is 8. The van der Waals surface area contributed by atoms with Crippen molar-refractivity contribution in [3.05, 3.63) is 106 Å². The second kappa shape index (κ2) is 12.1. The fourth-order valence-corrected chi connectivity index (χ4v) is 6.85. The number of nitro benzene ring substituents is 1. The molecule has 2 amide bonds. The molecule has 45 heavy (non-hydrogen) atoms. The van der Waals surface area contributed by atoms with Gasteiger partial charge in [0.1, 0.15) is 5.54 Å². The molecule has 11 nitrogen and oxygen atoms in total. The van der Waals surface area contributed by atoms with E-state index in [-0.39, 0.29) is 30.3 Å². The molecule has 3 aromatic rings. The summed E-state index contributed by atoms with van der Waals surface area (Å²) < 4.78 is 0. The molecule has 3 aliphatic rings. The van der Waals surface area contributed by atoms with Crippen molar-refractivity contribution in [2.24, 2.45) is 5.92 Å². The number of hydrogen-bond donors (Lipinski definition) is 3. The first-order chi connectivity index (χ1) is 21.7. The number of aliphatic hydroxyl groups excluding tert-OH is 1. The Morgan fingerprint density at radius 3 is 2.38 bits per heavy atom. The number of nitrogens with zero attached hydrogens (tertiary/aromatic N) is 4. The van der Waals surface area contributed by atoms with E-state index in [1.54, 1.807) is 19.1 Å². The second-order valence-corrected chi connectivity index (χ2v) is 11.9. The van der Waals surface area contributed by atoms with Crippen molar-refractivity contribution in [3.8, 4) is 0 Å². The first-order valence-electron chi connectivity index (χ1n) is 15.3. The number of piperidine rings is 1. The van der Waals surface area contributed by atoms with Gasteiger partial charge in [-0.3, -0.25) is 24.6 Å². The van der Waals surface area contributed by atoms with Crippen LogP contribution in [0, 0.1) is 16.0 Å². The Morgan fingerprint density at radius 1 is 1.00 bits per heavy atom. The quantitative estimate of drug-likeness (QED) is 0.189. The summed E-state index contributed by atoms with van der Waals surface area (Å²) in [5.74, 6) is -1.22. The third-order valence-electron chi connectivity index (χ3n) is 9.37. The molecule has 0 saturated carbocycles. The standard InChI is InChI=1S/C34H37N5O6/c1-24(7-5-6-20-40)34(43)29-21-28(39(44)45)14-15-30(29)36(32(34)42)22-25-10-12-26(13-11-25)37-23-38(27-8-3-2-4-9-27)33(31(37)41)16-18-35-19-17-33/h2-5,7-15,21,24,35,40,43H,6,16-20,22-23H2,1H3/b7-5+/t24-,34+/m0/s1. The molecule has 3 heterocycles. The van der Waals surface area contributed by atoms with Crippen LogP contribution in [0.1, 0.15) is 37.3 Å². The van der Waals surface area contributed by atoms with Gasteiger partial charge in [-0.15, -0.1) is 0 Å². The number of benzene rings is 3. The highest BCUT2D eigenvalue weighted by Crippen LogP contribution is 2.47. The normalized spacial score (nSPS) is 21.6. The summed E-state index contributed by atoms with van der Waals surface area (Å²) >= 11 is 0. The molecular formula is C34H37N5O6. The summed E-state index contributed by atoms with van der Waals surface area (Å²) in [6, 6.07) is 21.6. The van der Waals surface area contributed by atoms with E-state index in [2.05, 4.69) is 10.2 Å². The zero-order chi connectivity index (χ0) is 31.8. The summed E-state index contributed by atoms with van der Waals surface area (Å²) in [7, 11) is 0. The summed E-state index contributed by atoms with van der Waals surface area (Å²) in [6.07, 6.45) is 5.10. The summed E-state index contributed by atoms with van der Waals surface area (Å²) in [6.45, 7) is 3.67. The Hall–Kier alpha value is -4.58. The number of carbonyl (C=O) groups is 2. The number of carbonyl (C=O) groups excluding carboxylic acids is 2. The molecule has 234 valence electrons. The number of amides is 2. The van der Waals surface area contributed by atoms with Gasteiger partial charge in [-0.25, -0.2) is 0 Å². The maximum absolute atomic E-state index is 14.0. The molecule has 0 aliphatic carbocycles. The molecule has 3 N–H and O–H groups in total. The Morgan fingerprint density at radius 2 is 1.71 bits per heavy atom. The van der Waals surface area contributed by atoms with Gasteiger partial charge in [-0.2, -0.15) is 0 Å². The molecule has 2 fully saturated rings. The molecule has 0 unspecified atom stereocenters. The van der Waals surface area contributed by atoms with Crippen LogP contribution in [0.4, 0.5) is 22.7 Å². The second-order valence-electron chi connectivity index (χ2n) is 11.9. The predicted molar refractivity (Wildman–Crippen MR) is 171 cm³/mol. The number of nitrogens with one attached hydrogen (secondary N) is 1. The molecule has 6 rings (SSSR count). The van der Waals surface area contributed by atoms with Gasteiger partial charge in [0.15, 0.2) is 5.60 Å². The minimum Gasteiger partial charge on any atom is -0.396 e. The molecule has 2 atom stereocenters. The molecule has 2 saturated heterocycles. The molecule has 3 aliphatic heterocycles. The van der Waals surface area contributed by atoms with Crippen LogP contribution in [0.5, 0.6) is 0 Å². The highest BCUT2D eigenvalue weighted by Gasteiger charge is 2.54. The van der Waals surface area contributed by atoms with Crippen LogP contribution in [0.25, 0.3) is 0 Å². The highest BCUT2D eigenvalue weighted by atomic mass is 16.6.